The molecule has 5 aromatic rings. The van der Waals surface area contributed by atoms with Crippen molar-refractivity contribution in [2.75, 3.05) is 19.1 Å². The number of ether oxygens (including phenoxy) is 2. The summed E-state index contributed by atoms with van der Waals surface area (Å²) >= 11 is 1.27. The highest BCUT2D eigenvalue weighted by Gasteiger charge is 2.27. The van der Waals surface area contributed by atoms with Gasteiger partial charge in [-0.1, -0.05) is 35.6 Å². The van der Waals surface area contributed by atoms with E-state index in [1.54, 1.807) is 68.9 Å². The molecule has 0 N–H and O–H groups in total. The van der Waals surface area contributed by atoms with Gasteiger partial charge in [0, 0.05) is 11.6 Å². The fraction of sp³-hybridized carbons (Fsp3) is 0.120. The van der Waals surface area contributed by atoms with E-state index in [1.807, 2.05) is 12.1 Å². The first-order valence-corrected chi connectivity index (χ1v) is 11.2. The molecular weight excluding hydrogens is 454 g/mol. The highest BCUT2D eigenvalue weighted by Crippen LogP contribution is 2.40. The van der Waals surface area contributed by atoms with Crippen molar-refractivity contribution in [3.63, 3.8) is 0 Å². The highest BCUT2D eigenvalue weighted by molar-refractivity contribution is 7.22. The van der Waals surface area contributed by atoms with Gasteiger partial charge < -0.3 is 13.9 Å². The molecule has 0 aliphatic carbocycles. The number of para-hydroxylation sites is 1. The minimum Gasteiger partial charge on any atom is -0.495 e. The molecule has 0 aliphatic rings. The summed E-state index contributed by atoms with van der Waals surface area (Å²) in [5, 5.41) is 1.02. The number of hydrogen-bond donors (Lipinski definition) is 0. The van der Waals surface area contributed by atoms with Gasteiger partial charge >= 0.3 is 5.63 Å². The van der Waals surface area contributed by atoms with Crippen molar-refractivity contribution >= 4 is 43.6 Å². The minimum atomic E-state index is -0.717. The molecule has 2 aromatic carbocycles. The molecule has 3 aromatic heterocycles. The average molecular weight is 474 g/mol. The van der Waals surface area contributed by atoms with Crippen LogP contribution >= 0.6 is 11.3 Å². The molecule has 0 radical (unpaired) electrons. The molecule has 1 amide bonds. The number of fused-ring (bicyclic) bond motifs is 2. The second-order valence-corrected chi connectivity index (χ2v) is 8.32. The molecule has 0 saturated carbocycles. The lowest BCUT2D eigenvalue weighted by atomic mass is 10.1. The SMILES string of the molecule is COc1ccc(OC)c2sc(N(Cc3ccccn3)C(=O)c3cc4ccccc4oc3=O)nc12. The molecule has 9 heteroatoms. The summed E-state index contributed by atoms with van der Waals surface area (Å²) in [5.41, 5.74) is 0.805. The number of aromatic nitrogens is 2. The van der Waals surface area contributed by atoms with Crippen molar-refractivity contribution in [1.82, 2.24) is 9.97 Å². The van der Waals surface area contributed by atoms with Gasteiger partial charge in [-0.2, -0.15) is 0 Å². The molecule has 0 unspecified atom stereocenters. The molecule has 8 nitrogen and oxygen atoms in total. The third-order valence-electron chi connectivity index (χ3n) is 5.29. The second-order valence-electron chi connectivity index (χ2n) is 7.34. The van der Waals surface area contributed by atoms with Crippen molar-refractivity contribution in [1.29, 1.82) is 0 Å². The van der Waals surface area contributed by atoms with Gasteiger partial charge in [-0.25, -0.2) is 9.78 Å². The van der Waals surface area contributed by atoms with Crippen molar-refractivity contribution < 1.29 is 18.7 Å². The third-order valence-corrected chi connectivity index (χ3v) is 6.39. The van der Waals surface area contributed by atoms with Gasteiger partial charge in [0.15, 0.2) is 5.13 Å². The molecule has 0 bridgehead atoms. The summed E-state index contributed by atoms with van der Waals surface area (Å²) in [7, 11) is 3.12. The summed E-state index contributed by atoms with van der Waals surface area (Å²) in [5.74, 6) is 0.617. The summed E-state index contributed by atoms with van der Waals surface area (Å²) in [6.07, 6.45) is 1.65. The monoisotopic (exact) mass is 473 g/mol. The van der Waals surface area contributed by atoms with E-state index >= 15 is 0 Å². The van der Waals surface area contributed by atoms with E-state index in [0.717, 1.165) is 4.70 Å². The zero-order chi connectivity index (χ0) is 23.7. The third kappa shape index (κ3) is 3.86. The number of carbonyl (C=O) groups is 1. The molecule has 0 fully saturated rings. The molecule has 3 heterocycles. The second kappa shape index (κ2) is 8.95. The Hall–Kier alpha value is -4.24. The largest absolute Gasteiger partial charge is 0.495 e. The molecule has 170 valence electrons. The molecule has 34 heavy (non-hydrogen) atoms. The molecule has 0 atom stereocenters. The van der Waals surface area contributed by atoms with Crippen LogP contribution in [-0.4, -0.2) is 30.1 Å². The standard InChI is InChI=1S/C25H19N3O5S/c1-31-19-10-11-20(32-2)22-21(19)27-25(34-22)28(14-16-8-5-6-12-26-16)23(29)17-13-15-7-3-4-9-18(15)33-24(17)30/h3-13H,14H2,1-2H3. The lowest BCUT2D eigenvalue weighted by molar-refractivity contribution is 0.0981. The molecule has 0 spiro atoms. The summed E-state index contributed by atoms with van der Waals surface area (Å²) in [6.45, 7) is 0.108. The molecule has 5 rings (SSSR count). The van der Waals surface area contributed by atoms with E-state index in [1.165, 1.54) is 16.2 Å². The van der Waals surface area contributed by atoms with Gasteiger partial charge in [0.1, 0.15) is 32.9 Å². The predicted molar refractivity (Wildman–Crippen MR) is 130 cm³/mol. The van der Waals surface area contributed by atoms with Gasteiger partial charge in [-0.05, 0) is 36.4 Å². The maximum Gasteiger partial charge on any atom is 0.349 e. The van der Waals surface area contributed by atoms with E-state index < -0.39 is 11.5 Å². The maximum atomic E-state index is 13.7. The first-order chi connectivity index (χ1) is 16.6. The topological polar surface area (TPSA) is 94.8 Å². The van der Waals surface area contributed by atoms with Crippen molar-refractivity contribution in [3.8, 4) is 11.5 Å². The lowest BCUT2D eigenvalue weighted by Gasteiger charge is -2.19. The lowest BCUT2D eigenvalue weighted by Crippen LogP contribution is -2.34. The van der Waals surface area contributed by atoms with Crippen LogP contribution in [0, 0.1) is 0 Å². The first-order valence-electron chi connectivity index (χ1n) is 10.3. The number of nitrogens with zero attached hydrogens (tertiary/aromatic N) is 3. The van der Waals surface area contributed by atoms with Crippen LogP contribution < -0.4 is 20.0 Å². The number of amides is 1. The molecular formula is C25H19N3O5S. The van der Waals surface area contributed by atoms with Crippen molar-refractivity contribution in [2.45, 2.75) is 6.54 Å². The van der Waals surface area contributed by atoms with Gasteiger partial charge in [-0.3, -0.25) is 14.7 Å². The van der Waals surface area contributed by atoms with Crippen LogP contribution in [0.5, 0.6) is 11.5 Å². The van der Waals surface area contributed by atoms with Gasteiger partial charge in [0.25, 0.3) is 5.91 Å². The fourth-order valence-electron chi connectivity index (χ4n) is 3.63. The normalized spacial score (nSPS) is 11.0. The number of methoxy groups -OCH3 is 2. The van der Waals surface area contributed by atoms with E-state index in [-0.39, 0.29) is 12.1 Å². The van der Waals surface area contributed by atoms with Crippen LogP contribution in [0.25, 0.3) is 21.2 Å². The zero-order valence-corrected chi connectivity index (χ0v) is 19.2. The van der Waals surface area contributed by atoms with E-state index in [9.17, 15) is 9.59 Å². The number of pyridine rings is 1. The van der Waals surface area contributed by atoms with Crippen LogP contribution in [0.4, 0.5) is 5.13 Å². The highest BCUT2D eigenvalue weighted by atomic mass is 32.1. The summed E-state index contributed by atoms with van der Waals surface area (Å²) in [6, 6.07) is 17.6. The molecule has 0 saturated heterocycles. The Bertz CT molecular complexity index is 1520. The Morgan fingerprint density at radius 1 is 1.03 bits per heavy atom. The fourth-order valence-corrected chi connectivity index (χ4v) is 4.70. The number of carbonyl (C=O) groups excluding carboxylic acids is 1. The van der Waals surface area contributed by atoms with Crippen LogP contribution in [0.15, 0.2) is 76.1 Å². The van der Waals surface area contributed by atoms with Crippen LogP contribution in [0.3, 0.4) is 0 Å². The summed E-state index contributed by atoms with van der Waals surface area (Å²) in [4.78, 5) is 36.9. The van der Waals surface area contributed by atoms with E-state index in [0.29, 0.717) is 38.8 Å². The van der Waals surface area contributed by atoms with E-state index in [2.05, 4.69) is 9.97 Å². The van der Waals surface area contributed by atoms with Crippen LogP contribution in [0.2, 0.25) is 0 Å². The Morgan fingerprint density at radius 2 is 1.79 bits per heavy atom. The van der Waals surface area contributed by atoms with Crippen molar-refractivity contribution in [3.05, 3.63) is 88.5 Å². The molecule has 0 aliphatic heterocycles. The predicted octanol–water partition coefficient (Wildman–Crippen LogP) is 4.66. The zero-order valence-electron chi connectivity index (χ0n) is 18.3. The number of hydrogen-bond acceptors (Lipinski definition) is 8. The average Bonchev–Trinajstić information content (AvgIpc) is 3.32. The first kappa shape index (κ1) is 21.6. The Morgan fingerprint density at radius 3 is 2.56 bits per heavy atom. The Labute approximate surface area is 198 Å². The van der Waals surface area contributed by atoms with E-state index in [4.69, 9.17) is 13.9 Å². The quantitative estimate of drug-likeness (QED) is 0.331. The Kier molecular flexibility index (Phi) is 5.69. The van der Waals surface area contributed by atoms with Crippen LogP contribution in [-0.2, 0) is 6.54 Å². The number of benzene rings is 2. The maximum absolute atomic E-state index is 13.7. The summed E-state index contributed by atoms with van der Waals surface area (Å²) < 4.78 is 17.1. The number of thiazole rings is 1. The minimum absolute atomic E-state index is 0.0900. The number of rotatable bonds is 6. The van der Waals surface area contributed by atoms with Gasteiger partial charge in [0.2, 0.25) is 0 Å². The van der Waals surface area contributed by atoms with Crippen molar-refractivity contribution in [2.24, 2.45) is 0 Å². The van der Waals surface area contributed by atoms with Gasteiger partial charge in [-0.15, -0.1) is 0 Å². The van der Waals surface area contributed by atoms with Gasteiger partial charge in [0.05, 0.1) is 26.5 Å². The number of anilines is 1. The van der Waals surface area contributed by atoms with Crippen LogP contribution in [0.1, 0.15) is 16.1 Å². The Balaban J connectivity index is 1.67. The smallest absolute Gasteiger partial charge is 0.349 e.